The summed E-state index contributed by atoms with van der Waals surface area (Å²) < 4.78 is 5.24. The van der Waals surface area contributed by atoms with Gasteiger partial charge in [-0.2, -0.15) is 0 Å². The summed E-state index contributed by atoms with van der Waals surface area (Å²) in [6, 6.07) is 15.0. The van der Waals surface area contributed by atoms with Crippen LogP contribution in [0.3, 0.4) is 0 Å². The van der Waals surface area contributed by atoms with Crippen LogP contribution in [0.2, 0.25) is 0 Å². The topological polar surface area (TPSA) is 87.3 Å². The lowest BCUT2D eigenvalue weighted by atomic mass is 9.96. The Bertz CT molecular complexity index is 1110. The van der Waals surface area contributed by atoms with Crippen LogP contribution in [-0.4, -0.2) is 40.5 Å². The minimum atomic E-state index is -0.168. The predicted molar refractivity (Wildman–Crippen MR) is 127 cm³/mol. The van der Waals surface area contributed by atoms with Crippen LogP contribution in [0.5, 0.6) is 5.75 Å². The number of carbonyl (C=O) groups is 1. The van der Waals surface area contributed by atoms with E-state index in [9.17, 15) is 9.59 Å². The van der Waals surface area contributed by atoms with Crippen LogP contribution < -0.4 is 15.6 Å². The van der Waals surface area contributed by atoms with Crippen molar-refractivity contribution in [1.29, 1.82) is 0 Å². The molecule has 1 atom stereocenters. The number of nitrogens with zero attached hydrogens (tertiary/aromatic N) is 2. The Balaban J connectivity index is 1.73. The molecule has 0 radical (unpaired) electrons. The van der Waals surface area contributed by atoms with Crippen LogP contribution in [0.4, 0.5) is 0 Å². The van der Waals surface area contributed by atoms with Gasteiger partial charge in [0, 0.05) is 6.04 Å². The molecule has 0 spiro atoms. The molecule has 3 rings (SSSR count). The summed E-state index contributed by atoms with van der Waals surface area (Å²) in [7, 11) is 1.63. The number of nitrogens with one attached hydrogen (secondary N) is 2. The maximum Gasteiger partial charge on any atom is 0.258 e. The zero-order chi connectivity index (χ0) is 23.3. The van der Waals surface area contributed by atoms with Gasteiger partial charge in [0.1, 0.15) is 11.6 Å². The number of H-pyrrole nitrogens is 1. The number of hydrogen-bond acceptors (Lipinski definition) is 5. The van der Waals surface area contributed by atoms with E-state index in [1.165, 1.54) is 0 Å². The van der Waals surface area contributed by atoms with Crippen molar-refractivity contribution in [2.45, 2.75) is 46.3 Å². The Morgan fingerprint density at radius 3 is 2.41 bits per heavy atom. The van der Waals surface area contributed by atoms with E-state index < -0.39 is 0 Å². The van der Waals surface area contributed by atoms with E-state index in [2.05, 4.69) is 29.1 Å². The second-order valence-electron chi connectivity index (χ2n) is 8.59. The first-order valence-electron chi connectivity index (χ1n) is 10.9. The van der Waals surface area contributed by atoms with Gasteiger partial charge in [-0.1, -0.05) is 38.1 Å². The van der Waals surface area contributed by atoms with Crippen molar-refractivity contribution in [3.05, 3.63) is 70.3 Å². The first-order chi connectivity index (χ1) is 15.3. The summed E-state index contributed by atoms with van der Waals surface area (Å²) in [6.07, 6.45) is 0. The van der Waals surface area contributed by atoms with Crippen molar-refractivity contribution in [2.24, 2.45) is 5.92 Å². The highest BCUT2D eigenvalue weighted by molar-refractivity contribution is 5.79. The molecule has 0 aliphatic heterocycles. The molecule has 32 heavy (non-hydrogen) atoms. The number of hydrogen-bond donors (Lipinski definition) is 2. The maximum absolute atomic E-state index is 13.0. The van der Waals surface area contributed by atoms with Gasteiger partial charge in [-0.3, -0.25) is 14.5 Å². The fourth-order valence-corrected chi connectivity index (χ4v) is 3.67. The summed E-state index contributed by atoms with van der Waals surface area (Å²) >= 11 is 0. The quantitative estimate of drug-likeness (QED) is 0.535. The highest BCUT2D eigenvalue weighted by Crippen LogP contribution is 2.24. The van der Waals surface area contributed by atoms with E-state index >= 15 is 0 Å². The van der Waals surface area contributed by atoms with E-state index in [0.717, 1.165) is 11.3 Å². The second-order valence-corrected chi connectivity index (χ2v) is 8.59. The van der Waals surface area contributed by atoms with Crippen molar-refractivity contribution in [1.82, 2.24) is 20.2 Å². The van der Waals surface area contributed by atoms with Gasteiger partial charge >= 0.3 is 0 Å². The second kappa shape index (κ2) is 10.4. The Morgan fingerprint density at radius 2 is 1.78 bits per heavy atom. The summed E-state index contributed by atoms with van der Waals surface area (Å²) in [6.45, 7) is 8.79. The Kier molecular flexibility index (Phi) is 7.64. The van der Waals surface area contributed by atoms with Gasteiger partial charge in [0.25, 0.3) is 5.56 Å². The van der Waals surface area contributed by atoms with Gasteiger partial charge in [0.05, 0.1) is 37.1 Å². The summed E-state index contributed by atoms with van der Waals surface area (Å²) in [5.74, 6) is 1.48. The van der Waals surface area contributed by atoms with E-state index in [-0.39, 0.29) is 36.0 Å². The number of carbonyl (C=O) groups excluding carboxylic acids is 1. The molecule has 2 N–H and O–H groups in total. The van der Waals surface area contributed by atoms with E-state index in [1.54, 1.807) is 13.2 Å². The zero-order valence-electron chi connectivity index (χ0n) is 19.4. The third kappa shape index (κ3) is 5.73. The molecule has 0 aliphatic rings. The molecule has 170 valence electrons. The van der Waals surface area contributed by atoms with Crippen LogP contribution in [-0.2, 0) is 11.3 Å². The molecule has 1 unspecified atom stereocenters. The van der Waals surface area contributed by atoms with Crippen molar-refractivity contribution >= 4 is 16.8 Å². The lowest BCUT2D eigenvalue weighted by molar-refractivity contribution is -0.124. The number of methoxy groups -OCH3 is 1. The summed E-state index contributed by atoms with van der Waals surface area (Å²) in [5.41, 5.74) is 1.52. The minimum absolute atomic E-state index is 0.0728. The Morgan fingerprint density at radius 1 is 1.09 bits per heavy atom. The number of amides is 1. The molecule has 0 saturated heterocycles. The monoisotopic (exact) mass is 436 g/mol. The van der Waals surface area contributed by atoms with Gasteiger partial charge in [0.15, 0.2) is 0 Å². The van der Waals surface area contributed by atoms with Crippen LogP contribution in [0.15, 0.2) is 53.3 Å². The fraction of sp³-hybridized carbons (Fsp3) is 0.400. The predicted octanol–water partition coefficient (Wildman–Crippen LogP) is 3.66. The molecule has 0 bridgehead atoms. The van der Waals surface area contributed by atoms with Crippen molar-refractivity contribution in [3.63, 3.8) is 0 Å². The number of fused-ring (bicyclic) bond motifs is 1. The lowest BCUT2D eigenvalue weighted by Gasteiger charge is -2.28. The van der Waals surface area contributed by atoms with Gasteiger partial charge in [0.2, 0.25) is 5.91 Å². The molecule has 1 heterocycles. The molecule has 3 aromatic rings. The van der Waals surface area contributed by atoms with Gasteiger partial charge < -0.3 is 15.0 Å². The van der Waals surface area contributed by atoms with Crippen LogP contribution >= 0.6 is 0 Å². The SMILES string of the molecule is COc1ccc(C(NC(=O)CN(Cc2nc3ccccc3c(=O)[nH]2)C(C)C)C(C)C)cc1. The molecule has 1 aromatic heterocycles. The van der Waals surface area contributed by atoms with Gasteiger partial charge in [-0.15, -0.1) is 0 Å². The third-order valence-corrected chi connectivity index (χ3v) is 5.55. The number of benzene rings is 2. The fourth-order valence-electron chi connectivity index (χ4n) is 3.67. The van der Waals surface area contributed by atoms with Crippen molar-refractivity contribution < 1.29 is 9.53 Å². The number of aromatic amines is 1. The highest BCUT2D eigenvalue weighted by Gasteiger charge is 2.22. The van der Waals surface area contributed by atoms with Crippen LogP contribution in [0, 0.1) is 5.92 Å². The average molecular weight is 437 g/mol. The standard InChI is InChI=1S/C25H32N4O3/c1-16(2)24(18-10-12-19(32-5)13-11-18)28-23(30)15-29(17(3)4)14-22-26-21-9-7-6-8-20(21)25(31)27-22/h6-13,16-17,24H,14-15H2,1-5H3,(H,28,30)(H,26,27,31). The van der Waals surface area contributed by atoms with Crippen molar-refractivity contribution in [3.8, 4) is 5.75 Å². The average Bonchev–Trinajstić information content (AvgIpc) is 2.77. The molecule has 7 nitrogen and oxygen atoms in total. The molecule has 0 aliphatic carbocycles. The zero-order valence-corrected chi connectivity index (χ0v) is 19.4. The maximum atomic E-state index is 13.0. The van der Waals surface area contributed by atoms with Crippen molar-refractivity contribution in [2.75, 3.05) is 13.7 Å². The first-order valence-corrected chi connectivity index (χ1v) is 10.9. The number of ether oxygens (including phenoxy) is 1. The molecule has 0 saturated carbocycles. The molecular weight excluding hydrogens is 404 g/mol. The molecule has 2 aromatic carbocycles. The third-order valence-electron chi connectivity index (χ3n) is 5.55. The van der Waals surface area contributed by atoms with E-state index in [1.807, 2.05) is 61.2 Å². The van der Waals surface area contributed by atoms with E-state index in [0.29, 0.717) is 23.3 Å². The lowest BCUT2D eigenvalue weighted by Crippen LogP contribution is -2.43. The normalized spacial score (nSPS) is 12.5. The van der Waals surface area contributed by atoms with Crippen LogP contribution in [0.1, 0.15) is 45.1 Å². The summed E-state index contributed by atoms with van der Waals surface area (Å²) in [5, 5.41) is 3.73. The Labute approximate surface area is 188 Å². The number of aromatic nitrogens is 2. The van der Waals surface area contributed by atoms with E-state index in [4.69, 9.17) is 4.74 Å². The minimum Gasteiger partial charge on any atom is -0.497 e. The molecule has 0 fully saturated rings. The highest BCUT2D eigenvalue weighted by atomic mass is 16.5. The smallest absolute Gasteiger partial charge is 0.258 e. The summed E-state index contributed by atoms with van der Waals surface area (Å²) in [4.78, 5) is 34.8. The van der Waals surface area contributed by atoms with Gasteiger partial charge in [-0.05, 0) is 49.6 Å². The molecule has 7 heteroatoms. The molecular formula is C25H32N4O3. The molecule has 1 amide bonds. The number of para-hydroxylation sites is 1. The number of rotatable bonds is 9. The largest absolute Gasteiger partial charge is 0.497 e. The Hall–Kier alpha value is -3.19. The van der Waals surface area contributed by atoms with Gasteiger partial charge in [-0.25, -0.2) is 4.98 Å². The van der Waals surface area contributed by atoms with Crippen LogP contribution in [0.25, 0.3) is 10.9 Å². The first kappa shape index (κ1) is 23.5.